The number of nitrogens with zero attached hydrogens (tertiary/aromatic N) is 4. The number of rotatable bonds is 5. The van der Waals surface area contributed by atoms with E-state index in [1.54, 1.807) is 4.90 Å². The van der Waals surface area contributed by atoms with E-state index in [2.05, 4.69) is 39.3 Å². The number of aromatic nitrogens is 2. The molecule has 0 aliphatic carbocycles. The van der Waals surface area contributed by atoms with Crippen LogP contribution in [-0.4, -0.2) is 54.3 Å². The van der Waals surface area contributed by atoms with E-state index in [4.69, 9.17) is 9.26 Å². The summed E-state index contributed by atoms with van der Waals surface area (Å²) in [4.78, 5) is 21.9. The van der Waals surface area contributed by atoms with Crippen molar-refractivity contribution in [3.8, 4) is 0 Å². The van der Waals surface area contributed by atoms with Crippen LogP contribution in [-0.2, 0) is 11.3 Å². The highest BCUT2D eigenvalue weighted by atomic mass is 16.5. The van der Waals surface area contributed by atoms with Gasteiger partial charge in [0.2, 0.25) is 0 Å². The summed E-state index contributed by atoms with van der Waals surface area (Å²) in [5, 5.41) is 4.71. The molecule has 1 aromatic carbocycles. The summed E-state index contributed by atoms with van der Waals surface area (Å²) in [5.74, 6) is 0.122. The zero-order valence-corrected chi connectivity index (χ0v) is 18.0. The summed E-state index contributed by atoms with van der Waals surface area (Å²) < 4.78 is 10.8. The summed E-state index contributed by atoms with van der Waals surface area (Å²) in [6.07, 6.45) is 0. The lowest BCUT2D eigenvalue weighted by Crippen LogP contribution is -2.36. The van der Waals surface area contributed by atoms with Crippen LogP contribution in [0.5, 0.6) is 0 Å². The minimum absolute atomic E-state index is 0.0622. The molecule has 7 heteroatoms. The van der Waals surface area contributed by atoms with Gasteiger partial charge >= 0.3 is 0 Å². The third kappa shape index (κ3) is 4.03. The van der Waals surface area contributed by atoms with Crippen LogP contribution in [0.1, 0.15) is 47.1 Å². The maximum Gasteiger partial charge on any atom is 0.259 e. The first-order valence-corrected chi connectivity index (χ1v) is 10.4. The number of ether oxygens (including phenoxy) is 1. The largest absolute Gasteiger partial charge is 0.378 e. The molecule has 1 amide bonds. The van der Waals surface area contributed by atoms with E-state index in [0.29, 0.717) is 28.9 Å². The van der Waals surface area contributed by atoms with Gasteiger partial charge in [0.1, 0.15) is 0 Å². The molecular weight excluding hydrogens is 380 g/mol. The van der Waals surface area contributed by atoms with Crippen LogP contribution in [0.3, 0.4) is 0 Å². The fourth-order valence-corrected chi connectivity index (χ4v) is 3.76. The van der Waals surface area contributed by atoms with E-state index < -0.39 is 0 Å². The molecule has 0 bridgehead atoms. The molecule has 3 aromatic rings. The summed E-state index contributed by atoms with van der Waals surface area (Å²) in [5.41, 5.74) is 4.79. The molecule has 4 rings (SSSR count). The molecule has 0 unspecified atom stereocenters. The van der Waals surface area contributed by atoms with Crippen LogP contribution >= 0.6 is 0 Å². The van der Waals surface area contributed by atoms with Crippen molar-refractivity contribution in [1.29, 1.82) is 0 Å². The minimum atomic E-state index is -0.0622. The monoisotopic (exact) mass is 408 g/mol. The summed E-state index contributed by atoms with van der Waals surface area (Å²) in [7, 11) is 1.82. The van der Waals surface area contributed by atoms with Gasteiger partial charge in [-0.15, -0.1) is 0 Å². The average molecular weight is 409 g/mol. The molecule has 0 spiro atoms. The van der Waals surface area contributed by atoms with Crippen LogP contribution in [0.4, 0.5) is 5.69 Å². The lowest BCUT2D eigenvalue weighted by atomic mass is 10.0. The first-order chi connectivity index (χ1) is 14.4. The zero-order valence-electron chi connectivity index (χ0n) is 18.0. The third-order valence-electron chi connectivity index (χ3n) is 5.54. The molecular formula is C23H28N4O3. The van der Waals surface area contributed by atoms with E-state index in [1.807, 2.05) is 33.9 Å². The number of aryl methyl sites for hydroxylation is 1. The van der Waals surface area contributed by atoms with Gasteiger partial charge in [0, 0.05) is 38.1 Å². The van der Waals surface area contributed by atoms with Crippen molar-refractivity contribution in [3.05, 3.63) is 52.8 Å². The van der Waals surface area contributed by atoms with Crippen LogP contribution in [0.25, 0.3) is 11.1 Å². The standard InChI is InChI=1S/C23H28N4O3/c1-15(2)20-13-19(21-16(3)25-30-22(21)24-20)23(28)26(4)14-17-5-7-18(8-6-17)27-9-11-29-12-10-27/h5-8,13,15H,9-12,14H2,1-4H3. The second-order valence-corrected chi connectivity index (χ2v) is 8.12. The van der Waals surface area contributed by atoms with Crippen molar-refractivity contribution < 1.29 is 14.1 Å². The number of anilines is 1. The van der Waals surface area contributed by atoms with Gasteiger partial charge in [-0.05, 0) is 36.6 Å². The molecule has 3 heterocycles. The second kappa shape index (κ2) is 8.44. The first kappa shape index (κ1) is 20.3. The Bertz CT molecular complexity index is 1040. The Morgan fingerprint density at radius 2 is 1.90 bits per heavy atom. The van der Waals surface area contributed by atoms with E-state index in [1.165, 1.54) is 5.69 Å². The fraction of sp³-hybridized carbons (Fsp3) is 0.435. The number of carbonyl (C=O) groups is 1. The van der Waals surface area contributed by atoms with E-state index >= 15 is 0 Å². The van der Waals surface area contributed by atoms with Crippen molar-refractivity contribution in [2.45, 2.75) is 33.2 Å². The third-order valence-corrected chi connectivity index (χ3v) is 5.54. The molecule has 0 atom stereocenters. The van der Waals surface area contributed by atoms with Crippen molar-refractivity contribution in [3.63, 3.8) is 0 Å². The maximum absolute atomic E-state index is 13.3. The zero-order chi connectivity index (χ0) is 21.3. The predicted molar refractivity (Wildman–Crippen MR) is 116 cm³/mol. The number of pyridine rings is 1. The van der Waals surface area contributed by atoms with Crippen molar-refractivity contribution >= 4 is 22.7 Å². The molecule has 1 saturated heterocycles. The Labute approximate surface area is 176 Å². The molecule has 0 radical (unpaired) electrons. The summed E-state index contributed by atoms with van der Waals surface area (Å²) in [6.45, 7) is 9.80. The molecule has 1 fully saturated rings. The SMILES string of the molecule is Cc1noc2nc(C(C)C)cc(C(=O)N(C)Cc3ccc(N4CCOCC4)cc3)c12. The normalized spacial score (nSPS) is 14.5. The van der Waals surface area contributed by atoms with Crippen molar-refractivity contribution in [2.75, 3.05) is 38.3 Å². The van der Waals surface area contributed by atoms with Gasteiger partial charge < -0.3 is 19.1 Å². The van der Waals surface area contributed by atoms with Gasteiger partial charge in [0.15, 0.2) is 0 Å². The smallest absolute Gasteiger partial charge is 0.259 e. The second-order valence-electron chi connectivity index (χ2n) is 8.12. The molecule has 0 N–H and O–H groups in total. The van der Waals surface area contributed by atoms with E-state index in [9.17, 15) is 4.79 Å². The van der Waals surface area contributed by atoms with Crippen LogP contribution in [0.15, 0.2) is 34.9 Å². The first-order valence-electron chi connectivity index (χ1n) is 10.4. The number of carbonyl (C=O) groups excluding carboxylic acids is 1. The van der Waals surface area contributed by atoms with E-state index in [0.717, 1.165) is 37.6 Å². The van der Waals surface area contributed by atoms with Crippen molar-refractivity contribution in [1.82, 2.24) is 15.0 Å². The molecule has 30 heavy (non-hydrogen) atoms. The Morgan fingerprint density at radius 1 is 1.20 bits per heavy atom. The number of hydrogen-bond acceptors (Lipinski definition) is 6. The predicted octanol–water partition coefficient (Wildman–Crippen LogP) is 3.76. The lowest BCUT2D eigenvalue weighted by molar-refractivity contribution is 0.0786. The Balaban J connectivity index is 1.54. The van der Waals surface area contributed by atoms with Gasteiger partial charge in [-0.2, -0.15) is 0 Å². The Hall–Kier alpha value is -2.93. The molecule has 7 nitrogen and oxygen atoms in total. The maximum atomic E-state index is 13.3. The highest BCUT2D eigenvalue weighted by Crippen LogP contribution is 2.26. The Morgan fingerprint density at radius 3 is 2.57 bits per heavy atom. The van der Waals surface area contributed by atoms with E-state index in [-0.39, 0.29) is 11.8 Å². The van der Waals surface area contributed by atoms with Crippen LogP contribution < -0.4 is 4.90 Å². The number of amides is 1. The van der Waals surface area contributed by atoms with Crippen LogP contribution in [0.2, 0.25) is 0 Å². The van der Waals surface area contributed by atoms with Crippen molar-refractivity contribution in [2.24, 2.45) is 0 Å². The molecule has 158 valence electrons. The number of benzene rings is 1. The van der Waals surface area contributed by atoms with Gasteiger partial charge in [0.25, 0.3) is 11.6 Å². The number of fused-ring (bicyclic) bond motifs is 1. The molecule has 2 aromatic heterocycles. The van der Waals surface area contributed by atoms with Gasteiger partial charge in [-0.3, -0.25) is 4.79 Å². The highest BCUT2D eigenvalue weighted by molar-refractivity contribution is 6.05. The molecule has 1 aliphatic heterocycles. The fourth-order valence-electron chi connectivity index (χ4n) is 3.76. The van der Waals surface area contributed by atoms with Gasteiger partial charge in [-0.25, -0.2) is 4.98 Å². The molecule has 1 aliphatic rings. The van der Waals surface area contributed by atoms with Crippen LogP contribution in [0, 0.1) is 6.92 Å². The van der Waals surface area contributed by atoms with Gasteiger partial charge in [-0.1, -0.05) is 31.1 Å². The quantitative estimate of drug-likeness (QED) is 0.640. The summed E-state index contributed by atoms with van der Waals surface area (Å²) in [6, 6.07) is 10.3. The van der Waals surface area contributed by atoms with Gasteiger partial charge in [0.05, 0.1) is 29.9 Å². The average Bonchev–Trinajstić information content (AvgIpc) is 3.14. The topological polar surface area (TPSA) is 71.7 Å². The highest BCUT2D eigenvalue weighted by Gasteiger charge is 2.22. The summed E-state index contributed by atoms with van der Waals surface area (Å²) >= 11 is 0. The lowest BCUT2D eigenvalue weighted by Gasteiger charge is -2.29. The number of morpholine rings is 1. The Kier molecular flexibility index (Phi) is 5.72. The number of hydrogen-bond donors (Lipinski definition) is 0. The molecule has 0 saturated carbocycles. The minimum Gasteiger partial charge on any atom is -0.378 e.